The molecule has 0 aliphatic carbocycles. The van der Waals surface area contributed by atoms with E-state index >= 15 is 0 Å². The van der Waals surface area contributed by atoms with Crippen molar-refractivity contribution in [2.24, 2.45) is 0 Å². The summed E-state index contributed by atoms with van der Waals surface area (Å²) in [7, 11) is 0. The van der Waals surface area contributed by atoms with Crippen LogP contribution in [0.3, 0.4) is 0 Å². The van der Waals surface area contributed by atoms with Crippen LogP contribution in [-0.4, -0.2) is 11.6 Å². The van der Waals surface area contributed by atoms with Gasteiger partial charge in [0.05, 0.1) is 12.5 Å². The molecule has 3 nitrogen and oxygen atoms in total. The number of halogens is 1. The molecule has 2 rings (SSSR count). The zero-order valence-electron chi connectivity index (χ0n) is 11.1. The molecule has 0 saturated heterocycles. The first-order valence-electron chi connectivity index (χ1n) is 6.24. The van der Waals surface area contributed by atoms with Crippen molar-refractivity contribution >= 4 is 23.0 Å². The first kappa shape index (κ1) is 13.7. The quantitative estimate of drug-likeness (QED) is 0.828. The average molecular weight is 277 g/mol. The summed E-state index contributed by atoms with van der Waals surface area (Å²) in [6.45, 7) is 4.57. The van der Waals surface area contributed by atoms with Crippen molar-refractivity contribution in [1.29, 1.82) is 0 Å². The third kappa shape index (κ3) is 3.61. The zero-order chi connectivity index (χ0) is 13.7. The molecular weight excluding hydrogens is 260 g/mol. The van der Waals surface area contributed by atoms with Crippen LogP contribution in [0.15, 0.2) is 36.5 Å². The molecule has 0 radical (unpaired) electrons. The Hall–Kier alpha value is -1.74. The second-order valence-electron chi connectivity index (χ2n) is 4.20. The van der Waals surface area contributed by atoms with Crippen molar-refractivity contribution in [3.05, 3.63) is 47.8 Å². The molecule has 0 aliphatic rings. The van der Waals surface area contributed by atoms with Crippen molar-refractivity contribution < 1.29 is 4.74 Å². The maximum Gasteiger partial charge on any atom is 0.123 e. The van der Waals surface area contributed by atoms with Crippen molar-refractivity contribution in [3.63, 3.8) is 0 Å². The summed E-state index contributed by atoms with van der Waals surface area (Å²) in [4.78, 5) is 4.17. The molecule has 2 aromatic rings. The third-order valence-corrected chi connectivity index (χ3v) is 2.98. The number of anilines is 2. The van der Waals surface area contributed by atoms with Gasteiger partial charge in [-0.1, -0.05) is 0 Å². The van der Waals surface area contributed by atoms with Gasteiger partial charge in [-0.3, -0.25) is 4.98 Å². The minimum Gasteiger partial charge on any atom is -0.494 e. The molecule has 1 N–H and O–H groups in total. The molecule has 1 aromatic carbocycles. The van der Waals surface area contributed by atoms with Gasteiger partial charge < -0.3 is 10.1 Å². The number of alkyl halides is 1. The van der Waals surface area contributed by atoms with E-state index in [1.165, 1.54) is 0 Å². The molecule has 0 bridgehead atoms. The predicted molar refractivity (Wildman–Crippen MR) is 79.4 cm³/mol. The van der Waals surface area contributed by atoms with Crippen molar-refractivity contribution in [2.75, 3.05) is 11.9 Å². The molecule has 1 aromatic heterocycles. The van der Waals surface area contributed by atoms with Crippen molar-refractivity contribution in [1.82, 2.24) is 4.98 Å². The van der Waals surface area contributed by atoms with Gasteiger partial charge in [0.15, 0.2) is 0 Å². The molecule has 0 unspecified atom stereocenters. The predicted octanol–water partition coefficient (Wildman–Crippen LogP) is 4.27. The van der Waals surface area contributed by atoms with Gasteiger partial charge in [0, 0.05) is 28.8 Å². The monoisotopic (exact) mass is 276 g/mol. The average Bonchev–Trinajstić information content (AvgIpc) is 2.41. The normalized spacial score (nSPS) is 10.3. The van der Waals surface area contributed by atoms with E-state index in [1.807, 2.05) is 44.2 Å². The third-order valence-electron chi connectivity index (χ3n) is 2.69. The van der Waals surface area contributed by atoms with Crippen molar-refractivity contribution in [3.8, 4) is 5.75 Å². The van der Waals surface area contributed by atoms with Crippen LogP contribution in [0.1, 0.15) is 18.2 Å². The molecule has 0 spiro atoms. The summed E-state index contributed by atoms with van der Waals surface area (Å²) in [6.07, 6.45) is 1.79. The Morgan fingerprint density at radius 1 is 1.21 bits per heavy atom. The Morgan fingerprint density at radius 3 is 2.68 bits per heavy atom. The highest BCUT2D eigenvalue weighted by Gasteiger charge is 2.04. The minimum absolute atomic E-state index is 0.431. The van der Waals surface area contributed by atoms with E-state index < -0.39 is 0 Å². The van der Waals surface area contributed by atoms with Crippen LogP contribution in [0.25, 0.3) is 0 Å². The molecule has 0 saturated carbocycles. The van der Waals surface area contributed by atoms with E-state index in [2.05, 4.69) is 10.3 Å². The van der Waals surface area contributed by atoms with Gasteiger partial charge >= 0.3 is 0 Å². The number of pyridine rings is 1. The smallest absolute Gasteiger partial charge is 0.123 e. The van der Waals surface area contributed by atoms with Gasteiger partial charge in [0.1, 0.15) is 5.75 Å². The van der Waals surface area contributed by atoms with Gasteiger partial charge in [-0.15, -0.1) is 11.6 Å². The number of nitrogens with one attached hydrogen (secondary N) is 1. The first-order chi connectivity index (χ1) is 9.22. The van der Waals surface area contributed by atoms with Crippen LogP contribution in [0.5, 0.6) is 5.75 Å². The summed E-state index contributed by atoms with van der Waals surface area (Å²) >= 11 is 5.95. The van der Waals surface area contributed by atoms with E-state index in [1.54, 1.807) is 6.20 Å². The molecule has 0 amide bonds. The Balaban J connectivity index is 2.21. The number of nitrogens with zero attached hydrogens (tertiary/aromatic N) is 1. The fourth-order valence-electron chi connectivity index (χ4n) is 1.85. The van der Waals surface area contributed by atoms with E-state index in [0.29, 0.717) is 12.5 Å². The maximum atomic E-state index is 5.95. The van der Waals surface area contributed by atoms with E-state index in [0.717, 1.165) is 28.4 Å². The maximum absolute atomic E-state index is 5.95. The second kappa shape index (κ2) is 6.43. The molecule has 4 heteroatoms. The minimum atomic E-state index is 0.431. The molecule has 100 valence electrons. The SMILES string of the molecule is CCOc1ccc(Nc2ccnc(C)c2)cc1CCl. The van der Waals surface area contributed by atoms with Gasteiger partial charge in [-0.25, -0.2) is 0 Å². The largest absolute Gasteiger partial charge is 0.494 e. The van der Waals surface area contributed by atoms with E-state index in [4.69, 9.17) is 16.3 Å². The molecule has 1 heterocycles. The number of ether oxygens (including phenoxy) is 1. The summed E-state index contributed by atoms with van der Waals surface area (Å²) in [5, 5.41) is 3.33. The number of hydrogen-bond acceptors (Lipinski definition) is 3. The number of aromatic nitrogens is 1. The van der Waals surface area contributed by atoms with Crippen LogP contribution in [0.4, 0.5) is 11.4 Å². The Morgan fingerprint density at radius 2 is 2.00 bits per heavy atom. The number of rotatable bonds is 5. The lowest BCUT2D eigenvalue weighted by Gasteiger charge is -2.12. The molecule has 0 atom stereocenters. The van der Waals surface area contributed by atoms with Crippen LogP contribution < -0.4 is 10.1 Å². The Bertz CT molecular complexity index is 558. The number of aryl methyl sites for hydroxylation is 1. The molecular formula is C15H17ClN2O. The Kier molecular flexibility index (Phi) is 4.63. The summed E-state index contributed by atoms with van der Waals surface area (Å²) in [5.74, 6) is 1.27. The number of benzene rings is 1. The molecule has 0 fully saturated rings. The van der Waals surface area contributed by atoms with Crippen molar-refractivity contribution in [2.45, 2.75) is 19.7 Å². The van der Waals surface area contributed by atoms with Gasteiger partial charge in [-0.2, -0.15) is 0 Å². The van der Waals surface area contributed by atoms with Crippen LogP contribution in [-0.2, 0) is 5.88 Å². The van der Waals surface area contributed by atoms with Crippen LogP contribution in [0, 0.1) is 6.92 Å². The zero-order valence-corrected chi connectivity index (χ0v) is 11.9. The first-order valence-corrected chi connectivity index (χ1v) is 6.77. The number of hydrogen-bond donors (Lipinski definition) is 1. The highest BCUT2D eigenvalue weighted by atomic mass is 35.5. The highest BCUT2D eigenvalue weighted by Crippen LogP contribution is 2.26. The highest BCUT2D eigenvalue weighted by molar-refractivity contribution is 6.17. The lowest BCUT2D eigenvalue weighted by Crippen LogP contribution is -1.97. The summed E-state index contributed by atoms with van der Waals surface area (Å²) < 4.78 is 5.53. The lowest BCUT2D eigenvalue weighted by atomic mass is 10.2. The van der Waals surface area contributed by atoms with Gasteiger partial charge in [0.2, 0.25) is 0 Å². The van der Waals surface area contributed by atoms with Crippen LogP contribution >= 0.6 is 11.6 Å². The summed E-state index contributed by atoms with van der Waals surface area (Å²) in [6, 6.07) is 9.86. The fraction of sp³-hybridized carbons (Fsp3) is 0.267. The Labute approximate surface area is 118 Å². The summed E-state index contributed by atoms with van der Waals surface area (Å²) in [5.41, 5.74) is 3.97. The fourth-order valence-corrected chi connectivity index (χ4v) is 2.06. The standard InChI is InChI=1S/C15H17ClN2O/c1-3-19-15-5-4-13(9-12(15)10-16)18-14-6-7-17-11(2)8-14/h4-9H,3,10H2,1-2H3,(H,17,18). The second-order valence-corrected chi connectivity index (χ2v) is 4.47. The molecule has 0 aliphatic heterocycles. The van der Waals surface area contributed by atoms with Gasteiger partial charge in [-0.05, 0) is 44.2 Å². The van der Waals surface area contributed by atoms with Gasteiger partial charge in [0.25, 0.3) is 0 Å². The van der Waals surface area contributed by atoms with E-state index in [9.17, 15) is 0 Å². The molecule has 19 heavy (non-hydrogen) atoms. The van der Waals surface area contributed by atoms with E-state index in [-0.39, 0.29) is 0 Å². The van der Waals surface area contributed by atoms with Crippen LogP contribution in [0.2, 0.25) is 0 Å². The topological polar surface area (TPSA) is 34.1 Å². The lowest BCUT2D eigenvalue weighted by molar-refractivity contribution is 0.337.